The molecule has 6 heteroatoms. The lowest BCUT2D eigenvalue weighted by atomic mass is 10.1. The van der Waals surface area contributed by atoms with Gasteiger partial charge in [0.1, 0.15) is 0 Å². The van der Waals surface area contributed by atoms with E-state index in [1.165, 1.54) is 0 Å². The Bertz CT molecular complexity index is 462. The van der Waals surface area contributed by atoms with Crippen LogP contribution >= 0.6 is 0 Å². The number of nitrogens with one attached hydrogen (secondary N) is 2. The van der Waals surface area contributed by atoms with E-state index in [1.54, 1.807) is 24.3 Å². The van der Waals surface area contributed by atoms with E-state index in [4.69, 9.17) is 9.84 Å². The van der Waals surface area contributed by atoms with E-state index >= 15 is 0 Å². The average molecular weight is 280 g/mol. The maximum absolute atomic E-state index is 11.8. The number of amides is 2. The third kappa shape index (κ3) is 5.71. The van der Waals surface area contributed by atoms with Gasteiger partial charge in [0.25, 0.3) is 0 Å². The standard InChI is InChI=1S/C14H20N2O4/c1-3-20-9-10(2)15-14(19)16-12-7-5-4-6-11(12)8-13(17)18/h4-7,10H,3,8-9H2,1-2H3,(H,17,18)(H2,15,16,19). The molecule has 0 aliphatic rings. The summed E-state index contributed by atoms with van der Waals surface area (Å²) in [5.41, 5.74) is 1.06. The Morgan fingerprint density at radius 3 is 2.70 bits per heavy atom. The van der Waals surface area contributed by atoms with E-state index in [2.05, 4.69) is 10.6 Å². The van der Waals surface area contributed by atoms with Gasteiger partial charge in [-0.1, -0.05) is 18.2 Å². The van der Waals surface area contributed by atoms with Gasteiger partial charge in [-0.3, -0.25) is 4.79 Å². The molecule has 6 nitrogen and oxygen atoms in total. The Balaban J connectivity index is 2.59. The largest absolute Gasteiger partial charge is 0.481 e. The van der Waals surface area contributed by atoms with Crippen LogP contribution in [0.25, 0.3) is 0 Å². The number of hydrogen-bond donors (Lipinski definition) is 3. The van der Waals surface area contributed by atoms with Gasteiger partial charge in [-0.15, -0.1) is 0 Å². The molecule has 0 radical (unpaired) electrons. The molecule has 3 N–H and O–H groups in total. The topological polar surface area (TPSA) is 87.7 Å². The molecule has 1 aromatic carbocycles. The molecule has 20 heavy (non-hydrogen) atoms. The van der Waals surface area contributed by atoms with Crippen LogP contribution in [0.5, 0.6) is 0 Å². The molecule has 0 aliphatic carbocycles. The van der Waals surface area contributed by atoms with Crippen molar-refractivity contribution < 1.29 is 19.4 Å². The van der Waals surface area contributed by atoms with E-state index in [-0.39, 0.29) is 18.5 Å². The van der Waals surface area contributed by atoms with Crippen molar-refractivity contribution in [2.45, 2.75) is 26.3 Å². The number of rotatable bonds is 7. The molecule has 0 spiro atoms. The number of benzene rings is 1. The number of carbonyl (C=O) groups is 2. The summed E-state index contributed by atoms with van der Waals surface area (Å²) in [6, 6.07) is 6.32. The highest BCUT2D eigenvalue weighted by Crippen LogP contribution is 2.15. The molecule has 0 saturated heterocycles. The highest BCUT2D eigenvalue weighted by atomic mass is 16.5. The van der Waals surface area contributed by atoms with E-state index in [0.717, 1.165) is 0 Å². The van der Waals surface area contributed by atoms with Crippen LogP contribution in [-0.2, 0) is 16.0 Å². The molecule has 0 fully saturated rings. The predicted octanol–water partition coefficient (Wildman–Crippen LogP) is 1.86. The highest BCUT2D eigenvalue weighted by Gasteiger charge is 2.11. The minimum atomic E-state index is -0.940. The summed E-state index contributed by atoms with van der Waals surface area (Å²) in [5.74, 6) is -0.940. The van der Waals surface area contributed by atoms with Gasteiger partial charge in [-0.25, -0.2) is 4.79 Å². The molecular weight excluding hydrogens is 260 g/mol. The van der Waals surface area contributed by atoms with Crippen LogP contribution in [0.15, 0.2) is 24.3 Å². The van der Waals surface area contributed by atoms with Crippen molar-refractivity contribution in [3.8, 4) is 0 Å². The van der Waals surface area contributed by atoms with E-state index in [0.29, 0.717) is 24.5 Å². The smallest absolute Gasteiger partial charge is 0.319 e. The lowest BCUT2D eigenvalue weighted by Gasteiger charge is -2.15. The second-order valence-electron chi connectivity index (χ2n) is 4.39. The first-order chi connectivity index (χ1) is 9.52. The molecule has 1 rings (SSSR count). The summed E-state index contributed by atoms with van der Waals surface area (Å²) in [4.78, 5) is 22.6. The van der Waals surface area contributed by atoms with Crippen molar-refractivity contribution in [2.75, 3.05) is 18.5 Å². The summed E-state index contributed by atoms with van der Waals surface area (Å²) >= 11 is 0. The molecule has 0 bridgehead atoms. The predicted molar refractivity (Wildman–Crippen MR) is 75.9 cm³/mol. The number of urea groups is 1. The van der Waals surface area contributed by atoms with Gasteiger partial charge in [0.05, 0.1) is 19.1 Å². The normalized spacial score (nSPS) is 11.7. The molecule has 0 heterocycles. The van der Waals surface area contributed by atoms with Crippen LogP contribution in [0.4, 0.5) is 10.5 Å². The van der Waals surface area contributed by atoms with Crippen LogP contribution in [0, 0.1) is 0 Å². The van der Waals surface area contributed by atoms with Crippen LogP contribution in [0.1, 0.15) is 19.4 Å². The second kappa shape index (κ2) is 8.16. The second-order valence-corrected chi connectivity index (χ2v) is 4.39. The number of para-hydroxylation sites is 1. The number of carbonyl (C=O) groups excluding carboxylic acids is 1. The van der Waals surface area contributed by atoms with E-state index in [1.807, 2.05) is 13.8 Å². The molecule has 2 amide bonds. The Morgan fingerprint density at radius 2 is 2.05 bits per heavy atom. The molecule has 0 aromatic heterocycles. The van der Waals surface area contributed by atoms with Gasteiger partial charge in [-0.2, -0.15) is 0 Å². The summed E-state index contributed by atoms with van der Waals surface area (Å²) in [6.45, 7) is 4.74. The first-order valence-electron chi connectivity index (χ1n) is 6.48. The van der Waals surface area contributed by atoms with Crippen molar-refractivity contribution in [1.82, 2.24) is 5.32 Å². The van der Waals surface area contributed by atoms with Crippen LogP contribution in [-0.4, -0.2) is 36.4 Å². The van der Waals surface area contributed by atoms with Gasteiger partial charge in [0.15, 0.2) is 0 Å². The average Bonchev–Trinajstić information content (AvgIpc) is 2.38. The monoisotopic (exact) mass is 280 g/mol. The maximum atomic E-state index is 11.8. The summed E-state index contributed by atoms with van der Waals surface area (Å²) in [6.07, 6.45) is -0.134. The van der Waals surface area contributed by atoms with Gasteiger partial charge in [0.2, 0.25) is 0 Å². The van der Waals surface area contributed by atoms with Crippen molar-refractivity contribution in [2.24, 2.45) is 0 Å². The van der Waals surface area contributed by atoms with Gasteiger partial charge in [-0.05, 0) is 25.5 Å². The SMILES string of the molecule is CCOCC(C)NC(=O)Nc1ccccc1CC(=O)O. The Morgan fingerprint density at radius 1 is 1.35 bits per heavy atom. The molecular formula is C14H20N2O4. The summed E-state index contributed by atoms with van der Waals surface area (Å²) in [5, 5.41) is 14.2. The first kappa shape index (κ1) is 16.0. The zero-order valence-electron chi connectivity index (χ0n) is 11.7. The number of ether oxygens (including phenoxy) is 1. The number of carboxylic acids is 1. The highest BCUT2D eigenvalue weighted by molar-refractivity contribution is 5.91. The first-order valence-corrected chi connectivity index (χ1v) is 6.48. The zero-order valence-corrected chi connectivity index (χ0v) is 11.7. The Hall–Kier alpha value is -2.08. The minimum Gasteiger partial charge on any atom is -0.481 e. The van der Waals surface area contributed by atoms with Crippen LogP contribution in [0.3, 0.4) is 0 Å². The summed E-state index contributed by atoms with van der Waals surface area (Å²) < 4.78 is 5.20. The maximum Gasteiger partial charge on any atom is 0.319 e. The fraction of sp³-hybridized carbons (Fsp3) is 0.429. The fourth-order valence-corrected chi connectivity index (χ4v) is 1.68. The fourth-order valence-electron chi connectivity index (χ4n) is 1.68. The Kier molecular flexibility index (Phi) is 6.52. The minimum absolute atomic E-state index is 0.124. The van der Waals surface area contributed by atoms with Crippen molar-refractivity contribution >= 4 is 17.7 Å². The third-order valence-electron chi connectivity index (χ3n) is 2.56. The van der Waals surface area contributed by atoms with Crippen LogP contribution in [0.2, 0.25) is 0 Å². The molecule has 1 unspecified atom stereocenters. The van der Waals surface area contributed by atoms with Gasteiger partial charge >= 0.3 is 12.0 Å². The molecule has 110 valence electrons. The Labute approximate surface area is 118 Å². The lowest BCUT2D eigenvalue weighted by Crippen LogP contribution is -2.39. The third-order valence-corrected chi connectivity index (χ3v) is 2.56. The molecule has 0 saturated carbocycles. The van der Waals surface area contributed by atoms with E-state index in [9.17, 15) is 9.59 Å². The lowest BCUT2D eigenvalue weighted by molar-refractivity contribution is -0.136. The number of aliphatic carboxylic acids is 1. The zero-order chi connectivity index (χ0) is 15.0. The number of carboxylic acid groups (broad SMARTS) is 1. The van der Waals surface area contributed by atoms with Crippen molar-refractivity contribution in [3.05, 3.63) is 29.8 Å². The molecule has 1 atom stereocenters. The van der Waals surface area contributed by atoms with E-state index < -0.39 is 5.97 Å². The van der Waals surface area contributed by atoms with Crippen molar-refractivity contribution in [3.63, 3.8) is 0 Å². The molecule has 1 aromatic rings. The van der Waals surface area contributed by atoms with Gasteiger partial charge in [0, 0.05) is 12.3 Å². The quantitative estimate of drug-likeness (QED) is 0.711. The summed E-state index contributed by atoms with van der Waals surface area (Å²) in [7, 11) is 0. The van der Waals surface area contributed by atoms with Gasteiger partial charge < -0.3 is 20.5 Å². The van der Waals surface area contributed by atoms with Crippen LogP contribution < -0.4 is 10.6 Å². The number of hydrogen-bond acceptors (Lipinski definition) is 3. The molecule has 0 aliphatic heterocycles. The van der Waals surface area contributed by atoms with Crippen molar-refractivity contribution in [1.29, 1.82) is 0 Å². The number of anilines is 1.